The van der Waals surface area contributed by atoms with Crippen LogP contribution in [0.4, 0.5) is 5.95 Å². The summed E-state index contributed by atoms with van der Waals surface area (Å²) in [4.78, 5) is 9.46. The van der Waals surface area contributed by atoms with Gasteiger partial charge in [-0.05, 0) is 31.4 Å². The molecule has 1 radical (unpaired) electrons. The first-order valence-electron chi connectivity index (χ1n) is 3.17. The van der Waals surface area contributed by atoms with Crippen LogP contribution < -0.4 is 5.32 Å². The predicted octanol–water partition coefficient (Wildman–Crippen LogP) is 1.25. The second-order valence-electron chi connectivity index (χ2n) is 1.88. The van der Waals surface area contributed by atoms with Gasteiger partial charge in [-0.25, -0.2) is 0 Å². The third kappa shape index (κ3) is 3.77. The first-order chi connectivity index (χ1) is 5.22. The summed E-state index contributed by atoms with van der Waals surface area (Å²) in [7, 11) is 0. The van der Waals surface area contributed by atoms with E-state index in [1.807, 2.05) is 6.92 Å². The van der Waals surface area contributed by atoms with Gasteiger partial charge in [0.15, 0.2) is 4.77 Å². The standard InChI is InChI=1S/C5H8N4S2.Na/c1-2-6-3-7-4(10)9-5(11)8-3;/h2H2,1H3,(H3,6,7,8,9,10,11);. The Morgan fingerprint density at radius 3 is 2.58 bits per heavy atom. The first-order valence-corrected chi connectivity index (χ1v) is 3.98. The van der Waals surface area contributed by atoms with Crippen LogP contribution in [0, 0.1) is 9.54 Å². The second kappa shape index (κ2) is 5.82. The van der Waals surface area contributed by atoms with Crippen LogP contribution in [0.1, 0.15) is 6.92 Å². The van der Waals surface area contributed by atoms with Crippen molar-refractivity contribution in [2.45, 2.75) is 6.92 Å². The van der Waals surface area contributed by atoms with E-state index in [-0.39, 0.29) is 29.6 Å². The predicted molar refractivity (Wildman–Crippen MR) is 54.5 cm³/mol. The smallest absolute Gasteiger partial charge is 0.204 e. The Labute approximate surface area is 103 Å². The minimum Gasteiger partial charge on any atom is -0.356 e. The summed E-state index contributed by atoms with van der Waals surface area (Å²) >= 11 is 9.65. The van der Waals surface area contributed by atoms with Crippen LogP contribution in [0.5, 0.6) is 0 Å². The number of nitrogens with zero attached hydrogens (tertiary/aromatic N) is 1. The monoisotopic (exact) mass is 211 g/mol. The van der Waals surface area contributed by atoms with Crippen molar-refractivity contribution in [3.8, 4) is 0 Å². The van der Waals surface area contributed by atoms with Crippen molar-refractivity contribution in [3.05, 3.63) is 9.54 Å². The Kier molecular flexibility index (Phi) is 5.94. The van der Waals surface area contributed by atoms with Crippen LogP contribution in [0.25, 0.3) is 0 Å². The Balaban J connectivity index is 0.00000121. The minimum atomic E-state index is 0. The zero-order valence-electron chi connectivity index (χ0n) is 6.97. The Morgan fingerprint density at radius 2 is 2.08 bits per heavy atom. The molecule has 0 amide bonds. The normalized spacial score (nSPS) is 8.75. The molecule has 1 aromatic heterocycles. The molecule has 0 unspecified atom stereocenters. The van der Waals surface area contributed by atoms with E-state index >= 15 is 0 Å². The van der Waals surface area contributed by atoms with Crippen molar-refractivity contribution in [1.82, 2.24) is 15.0 Å². The molecule has 0 spiro atoms. The number of H-pyrrole nitrogens is 2. The fourth-order valence-corrected chi connectivity index (χ4v) is 1.10. The van der Waals surface area contributed by atoms with Gasteiger partial charge in [0, 0.05) is 36.1 Å². The van der Waals surface area contributed by atoms with E-state index in [9.17, 15) is 0 Å². The van der Waals surface area contributed by atoms with E-state index in [0.29, 0.717) is 15.5 Å². The Bertz CT molecular complexity index is 316. The molecule has 1 aromatic rings. The molecule has 0 aliphatic carbocycles. The third-order valence-corrected chi connectivity index (χ3v) is 1.41. The van der Waals surface area contributed by atoms with Gasteiger partial charge in [-0.2, -0.15) is 4.98 Å². The first kappa shape index (κ1) is 12.2. The van der Waals surface area contributed by atoms with Gasteiger partial charge in [-0.1, -0.05) is 0 Å². The fourth-order valence-electron chi connectivity index (χ4n) is 0.645. The van der Waals surface area contributed by atoms with Crippen LogP contribution in [0.3, 0.4) is 0 Å². The maximum Gasteiger partial charge on any atom is 0.204 e. The molecule has 12 heavy (non-hydrogen) atoms. The number of anilines is 1. The van der Waals surface area contributed by atoms with Crippen molar-refractivity contribution in [3.63, 3.8) is 0 Å². The van der Waals surface area contributed by atoms with Crippen LogP contribution in [0.15, 0.2) is 0 Å². The summed E-state index contributed by atoms with van der Waals surface area (Å²) in [6.45, 7) is 2.76. The maximum absolute atomic E-state index is 4.84. The van der Waals surface area contributed by atoms with Gasteiger partial charge in [0.25, 0.3) is 0 Å². The summed E-state index contributed by atoms with van der Waals surface area (Å²) in [5, 5.41) is 2.97. The molecule has 61 valence electrons. The van der Waals surface area contributed by atoms with E-state index in [1.54, 1.807) is 0 Å². The maximum atomic E-state index is 4.84. The van der Waals surface area contributed by atoms with Gasteiger partial charge in [-0.3, -0.25) is 0 Å². The van der Waals surface area contributed by atoms with Gasteiger partial charge < -0.3 is 15.3 Å². The van der Waals surface area contributed by atoms with Crippen LogP contribution in [-0.4, -0.2) is 51.1 Å². The number of rotatable bonds is 2. The van der Waals surface area contributed by atoms with Gasteiger partial charge in [0.2, 0.25) is 10.7 Å². The van der Waals surface area contributed by atoms with Gasteiger partial charge in [0.05, 0.1) is 0 Å². The molecule has 0 aliphatic heterocycles. The van der Waals surface area contributed by atoms with E-state index in [4.69, 9.17) is 24.4 Å². The molecule has 7 heteroatoms. The zero-order valence-corrected chi connectivity index (χ0v) is 10.6. The summed E-state index contributed by atoms with van der Waals surface area (Å²) in [6.07, 6.45) is 0. The Hall–Kier alpha value is 0.250. The fraction of sp³-hybridized carbons (Fsp3) is 0.400. The SMILES string of the molecule is CCNc1nc(=S)[nH]c(=S)[nH]1.[Na]. The van der Waals surface area contributed by atoms with Gasteiger partial charge >= 0.3 is 0 Å². The molecular formula is C5H8N4NaS2. The average molecular weight is 211 g/mol. The summed E-state index contributed by atoms with van der Waals surface area (Å²) in [6, 6.07) is 0. The third-order valence-electron chi connectivity index (χ3n) is 1.01. The Morgan fingerprint density at radius 1 is 1.42 bits per heavy atom. The molecule has 0 atom stereocenters. The second-order valence-corrected chi connectivity index (χ2v) is 2.67. The molecule has 0 aliphatic rings. The molecule has 0 saturated carbocycles. The van der Waals surface area contributed by atoms with Gasteiger partial charge in [0.1, 0.15) is 0 Å². The van der Waals surface area contributed by atoms with Crippen molar-refractivity contribution >= 4 is 59.9 Å². The van der Waals surface area contributed by atoms with E-state index in [0.717, 1.165) is 6.54 Å². The number of aromatic nitrogens is 3. The number of hydrogen-bond acceptors (Lipinski definition) is 4. The van der Waals surface area contributed by atoms with E-state index in [2.05, 4.69) is 20.3 Å². The average Bonchev–Trinajstić information content (AvgIpc) is 1.85. The number of aromatic amines is 2. The van der Waals surface area contributed by atoms with Crippen molar-refractivity contribution < 1.29 is 0 Å². The molecule has 1 heterocycles. The molecule has 0 bridgehead atoms. The van der Waals surface area contributed by atoms with E-state index < -0.39 is 0 Å². The molecule has 0 aromatic carbocycles. The van der Waals surface area contributed by atoms with Crippen molar-refractivity contribution in [2.24, 2.45) is 0 Å². The van der Waals surface area contributed by atoms with Crippen LogP contribution in [-0.2, 0) is 0 Å². The molecule has 4 nitrogen and oxygen atoms in total. The quantitative estimate of drug-likeness (QED) is 0.509. The molecular weight excluding hydrogens is 203 g/mol. The van der Waals surface area contributed by atoms with Crippen LogP contribution >= 0.6 is 24.4 Å². The number of hydrogen-bond donors (Lipinski definition) is 3. The van der Waals surface area contributed by atoms with Crippen molar-refractivity contribution in [2.75, 3.05) is 11.9 Å². The molecule has 0 fully saturated rings. The number of nitrogens with one attached hydrogen (secondary N) is 3. The summed E-state index contributed by atoms with van der Waals surface area (Å²) in [5.74, 6) is 0.612. The molecule has 3 N–H and O–H groups in total. The molecule has 1 rings (SSSR count). The van der Waals surface area contributed by atoms with E-state index in [1.165, 1.54) is 0 Å². The minimum absolute atomic E-state index is 0. The van der Waals surface area contributed by atoms with Gasteiger partial charge in [-0.15, -0.1) is 0 Å². The largest absolute Gasteiger partial charge is 0.356 e. The topological polar surface area (TPSA) is 56.5 Å². The van der Waals surface area contributed by atoms with Crippen LogP contribution in [0.2, 0.25) is 0 Å². The summed E-state index contributed by atoms with van der Waals surface area (Å²) < 4.78 is 0.880. The molecule has 0 saturated heterocycles. The summed E-state index contributed by atoms with van der Waals surface area (Å²) in [5.41, 5.74) is 0. The van der Waals surface area contributed by atoms with Crippen molar-refractivity contribution in [1.29, 1.82) is 0 Å². The zero-order chi connectivity index (χ0) is 8.27.